The molecule has 1 atom stereocenters. The van der Waals surface area contributed by atoms with E-state index in [9.17, 15) is 4.79 Å². The standard InChI is InChI=1S/C18H21BrIN3O2/c1-18(2,3)25-17(24)23-8-4-5-15(23)16-21-10-14(22-16)11-6-7-12(19)13(20)9-11/h6-7,9-10,15H,4-5,8H2,1-3H3,(H,21,22)/t15-/m0/s1. The molecule has 1 saturated heterocycles. The van der Waals surface area contributed by atoms with Crippen LogP contribution in [0.3, 0.4) is 0 Å². The molecule has 1 amide bonds. The lowest BCUT2D eigenvalue weighted by atomic mass is 10.2. The molecule has 134 valence electrons. The second kappa shape index (κ2) is 7.26. The van der Waals surface area contributed by atoms with Crippen molar-refractivity contribution in [2.75, 3.05) is 6.54 Å². The van der Waals surface area contributed by atoms with Crippen LogP contribution in [0.15, 0.2) is 28.9 Å². The molecule has 3 rings (SSSR count). The fourth-order valence-electron chi connectivity index (χ4n) is 2.91. The van der Waals surface area contributed by atoms with Gasteiger partial charge in [-0.15, -0.1) is 0 Å². The lowest BCUT2D eigenvalue weighted by Crippen LogP contribution is -2.36. The summed E-state index contributed by atoms with van der Waals surface area (Å²) in [6.07, 6.45) is 3.41. The van der Waals surface area contributed by atoms with Gasteiger partial charge in [0.05, 0.1) is 17.9 Å². The number of amides is 1. The molecule has 0 saturated carbocycles. The van der Waals surface area contributed by atoms with Crippen molar-refractivity contribution in [3.05, 3.63) is 38.3 Å². The lowest BCUT2D eigenvalue weighted by Gasteiger charge is -2.27. The molecule has 7 heteroatoms. The number of aromatic amines is 1. The van der Waals surface area contributed by atoms with Gasteiger partial charge in [-0.25, -0.2) is 9.78 Å². The summed E-state index contributed by atoms with van der Waals surface area (Å²) in [4.78, 5) is 22.2. The van der Waals surface area contributed by atoms with Gasteiger partial charge in [0.15, 0.2) is 0 Å². The Kier molecular flexibility index (Phi) is 5.43. The Morgan fingerprint density at radius 3 is 2.88 bits per heavy atom. The van der Waals surface area contributed by atoms with Crippen molar-refractivity contribution in [2.24, 2.45) is 0 Å². The number of rotatable bonds is 2. The van der Waals surface area contributed by atoms with Gasteiger partial charge in [-0.2, -0.15) is 0 Å². The van der Waals surface area contributed by atoms with E-state index in [1.807, 2.05) is 39.1 Å². The topological polar surface area (TPSA) is 58.2 Å². The fourth-order valence-corrected chi connectivity index (χ4v) is 3.67. The number of carbonyl (C=O) groups excluding carboxylic acids is 1. The van der Waals surface area contributed by atoms with Crippen LogP contribution in [0, 0.1) is 3.57 Å². The first-order valence-corrected chi connectivity index (χ1v) is 10.1. The number of nitrogens with one attached hydrogen (secondary N) is 1. The van der Waals surface area contributed by atoms with E-state index in [2.05, 4.69) is 54.6 Å². The van der Waals surface area contributed by atoms with Crippen molar-refractivity contribution in [3.8, 4) is 11.3 Å². The van der Waals surface area contributed by atoms with E-state index in [1.165, 1.54) is 0 Å². The molecule has 25 heavy (non-hydrogen) atoms. The summed E-state index contributed by atoms with van der Waals surface area (Å²) in [6, 6.07) is 6.12. The zero-order valence-electron chi connectivity index (χ0n) is 14.5. The first-order valence-electron chi connectivity index (χ1n) is 8.24. The van der Waals surface area contributed by atoms with Crippen LogP contribution in [-0.4, -0.2) is 33.1 Å². The summed E-state index contributed by atoms with van der Waals surface area (Å²) >= 11 is 5.81. The Morgan fingerprint density at radius 2 is 2.20 bits per heavy atom. The van der Waals surface area contributed by atoms with Gasteiger partial charge in [0.2, 0.25) is 0 Å². The predicted octanol–water partition coefficient (Wildman–Crippen LogP) is 5.52. The summed E-state index contributed by atoms with van der Waals surface area (Å²) in [7, 11) is 0. The van der Waals surface area contributed by atoms with Crippen molar-refractivity contribution in [3.63, 3.8) is 0 Å². The number of hydrogen-bond donors (Lipinski definition) is 1. The highest BCUT2D eigenvalue weighted by atomic mass is 127. The van der Waals surface area contributed by atoms with Crippen molar-refractivity contribution >= 4 is 44.6 Å². The molecule has 5 nitrogen and oxygen atoms in total. The van der Waals surface area contributed by atoms with Gasteiger partial charge < -0.3 is 9.72 Å². The zero-order valence-corrected chi connectivity index (χ0v) is 18.2. The number of likely N-dealkylation sites (tertiary alicyclic amines) is 1. The predicted molar refractivity (Wildman–Crippen MR) is 109 cm³/mol. The van der Waals surface area contributed by atoms with Gasteiger partial charge in [0, 0.05) is 20.2 Å². The maximum absolute atomic E-state index is 12.5. The monoisotopic (exact) mass is 517 g/mol. The van der Waals surface area contributed by atoms with E-state index in [0.717, 1.165) is 38.0 Å². The van der Waals surface area contributed by atoms with E-state index < -0.39 is 5.60 Å². The highest BCUT2D eigenvalue weighted by molar-refractivity contribution is 14.1. The first kappa shape index (κ1) is 18.7. The largest absolute Gasteiger partial charge is 0.444 e. The molecule has 2 aromatic rings. The van der Waals surface area contributed by atoms with Crippen molar-refractivity contribution in [2.45, 2.75) is 45.3 Å². The van der Waals surface area contributed by atoms with Gasteiger partial charge in [0.1, 0.15) is 11.4 Å². The van der Waals surface area contributed by atoms with E-state index in [1.54, 1.807) is 4.90 Å². The minimum absolute atomic E-state index is 0.0573. The van der Waals surface area contributed by atoms with Gasteiger partial charge >= 0.3 is 6.09 Å². The molecule has 1 aliphatic heterocycles. The molecule has 1 N–H and O–H groups in total. The summed E-state index contributed by atoms with van der Waals surface area (Å²) in [5.41, 5.74) is 1.54. The number of imidazole rings is 1. The van der Waals surface area contributed by atoms with E-state index >= 15 is 0 Å². The molecule has 0 spiro atoms. The van der Waals surface area contributed by atoms with Crippen molar-refractivity contribution < 1.29 is 9.53 Å². The molecular weight excluding hydrogens is 497 g/mol. The maximum atomic E-state index is 12.5. The van der Waals surface area contributed by atoms with Crippen LogP contribution in [0.1, 0.15) is 45.5 Å². The van der Waals surface area contributed by atoms with Crippen LogP contribution in [0.4, 0.5) is 4.79 Å². The lowest BCUT2D eigenvalue weighted by molar-refractivity contribution is 0.0219. The quantitative estimate of drug-likeness (QED) is 0.534. The number of aromatic nitrogens is 2. The van der Waals surface area contributed by atoms with Crippen molar-refractivity contribution in [1.82, 2.24) is 14.9 Å². The van der Waals surface area contributed by atoms with Crippen LogP contribution in [0.2, 0.25) is 0 Å². The number of halogens is 2. The number of carbonyl (C=O) groups is 1. The van der Waals surface area contributed by atoms with E-state index in [4.69, 9.17) is 4.74 Å². The summed E-state index contributed by atoms with van der Waals surface area (Å²) in [5.74, 6) is 0.816. The third-order valence-electron chi connectivity index (χ3n) is 4.02. The average molecular weight is 518 g/mol. The Balaban J connectivity index is 1.81. The smallest absolute Gasteiger partial charge is 0.410 e. The molecule has 1 aliphatic rings. The fraction of sp³-hybridized carbons (Fsp3) is 0.444. The maximum Gasteiger partial charge on any atom is 0.410 e. The molecule has 1 aromatic heterocycles. The molecular formula is C18H21BrIN3O2. The average Bonchev–Trinajstić information content (AvgIpc) is 3.16. The Hall–Kier alpha value is -1.09. The van der Waals surface area contributed by atoms with Crippen molar-refractivity contribution in [1.29, 1.82) is 0 Å². The normalized spacial score (nSPS) is 17.8. The second-order valence-corrected chi connectivity index (χ2v) is 9.16. The van der Waals surface area contributed by atoms with Crippen LogP contribution in [-0.2, 0) is 4.74 Å². The highest BCUT2D eigenvalue weighted by Crippen LogP contribution is 2.33. The molecule has 1 fully saturated rings. The molecule has 2 heterocycles. The summed E-state index contributed by atoms with van der Waals surface area (Å²) < 4.78 is 7.75. The van der Waals surface area contributed by atoms with Crippen LogP contribution in [0.25, 0.3) is 11.3 Å². The number of H-pyrrole nitrogens is 1. The highest BCUT2D eigenvalue weighted by Gasteiger charge is 2.34. The van der Waals surface area contributed by atoms with Gasteiger partial charge in [0.25, 0.3) is 0 Å². The number of benzene rings is 1. The van der Waals surface area contributed by atoms with Gasteiger partial charge in [-0.3, -0.25) is 4.90 Å². The minimum Gasteiger partial charge on any atom is -0.444 e. The molecule has 0 radical (unpaired) electrons. The van der Waals surface area contributed by atoms with Gasteiger partial charge in [-0.1, -0.05) is 6.07 Å². The van der Waals surface area contributed by atoms with E-state index in [0.29, 0.717) is 6.54 Å². The number of ether oxygens (including phenoxy) is 1. The van der Waals surface area contributed by atoms with Gasteiger partial charge in [-0.05, 0) is 84.3 Å². The van der Waals surface area contributed by atoms with Crippen LogP contribution >= 0.6 is 38.5 Å². The second-order valence-electron chi connectivity index (χ2n) is 7.14. The SMILES string of the molecule is CC(C)(C)OC(=O)N1CCC[C@H]1c1ncc(-c2ccc(Br)c(I)c2)[nH]1. The van der Waals surface area contributed by atoms with Crippen LogP contribution in [0.5, 0.6) is 0 Å². The third-order valence-corrected chi connectivity index (χ3v) is 6.35. The third kappa shape index (κ3) is 4.36. The Labute approximate surface area is 169 Å². The summed E-state index contributed by atoms with van der Waals surface area (Å²) in [6.45, 7) is 6.36. The molecule has 0 bridgehead atoms. The molecule has 0 unspecified atom stereocenters. The Bertz CT molecular complexity index is 785. The Morgan fingerprint density at radius 1 is 1.44 bits per heavy atom. The molecule has 0 aliphatic carbocycles. The summed E-state index contributed by atoms with van der Waals surface area (Å²) in [5, 5.41) is 0. The van der Waals surface area contributed by atoms with E-state index in [-0.39, 0.29) is 12.1 Å². The molecule has 1 aromatic carbocycles. The minimum atomic E-state index is -0.493. The number of nitrogens with zero attached hydrogens (tertiary/aromatic N) is 2. The van der Waals surface area contributed by atoms with Crippen LogP contribution < -0.4 is 0 Å². The number of hydrogen-bond acceptors (Lipinski definition) is 3. The zero-order chi connectivity index (χ0) is 18.2. The first-order chi connectivity index (χ1) is 11.7.